The Hall–Kier alpha value is -3.06. The topological polar surface area (TPSA) is 117 Å². The lowest BCUT2D eigenvalue weighted by atomic mass is 10.1. The van der Waals surface area contributed by atoms with E-state index < -0.39 is 18.2 Å². The number of nitrogens with zero attached hydrogens (tertiary/aromatic N) is 4. The second-order valence-electron chi connectivity index (χ2n) is 10.3. The van der Waals surface area contributed by atoms with Gasteiger partial charge in [0.15, 0.2) is 0 Å². The molecule has 0 fully saturated rings. The van der Waals surface area contributed by atoms with Crippen molar-refractivity contribution in [3.05, 3.63) is 54.0 Å². The van der Waals surface area contributed by atoms with Crippen LogP contribution >= 0.6 is 0 Å². The fourth-order valence-electron chi connectivity index (χ4n) is 3.95. The van der Waals surface area contributed by atoms with Gasteiger partial charge in [0.2, 0.25) is 0 Å². The first-order chi connectivity index (χ1) is 17.4. The van der Waals surface area contributed by atoms with Crippen molar-refractivity contribution in [1.29, 1.82) is 0 Å². The molecule has 3 heterocycles. The minimum absolute atomic E-state index is 0.0254. The fraction of sp³-hybridized carbons (Fsp3) is 0.400. The SMILES string of the molecule is Cn1ncc2ccc(C(=O)Nc3cc4c(cn3)cc(CCOS(C)(=O)=O)n4COCC[Si](C)(C)C)cc21. The van der Waals surface area contributed by atoms with Gasteiger partial charge in [0, 0.05) is 62.4 Å². The number of hydrogen-bond acceptors (Lipinski definition) is 7. The highest BCUT2D eigenvalue weighted by Crippen LogP contribution is 2.24. The zero-order valence-electron chi connectivity index (χ0n) is 21.8. The van der Waals surface area contributed by atoms with E-state index in [1.165, 1.54) is 0 Å². The Balaban J connectivity index is 1.57. The van der Waals surface area contributed by atoms with E-state index in [1.807, 2.05) is 23.7 Å². The first-order valence-corrected chi connectivity index (χ1v) is 17.6. The van der Waals surface area contributed by atoms with Gasteiger partial charge in [0.25, 0.3) is 16.0 Å². The number of hydrogen-bond donors (Lipinski definition) is 1. The number of ether oxygens (including phenoxy) is 1. The van der Waals surface area contributed by atoms with E-state index in [-0.39, 0.29) is 12.5 Å². The van der Waals surface area contributed by atoms with Crippen LogP contribution in [0.4, 0.5) is 5.82 Å². The van der Waals surface area contributed by atoms with Gasteiger partial charge in [-0.3, -0.25) is 13.7 Å². The Bertz CT molecular complexity index is 1540. The summed E-state index contributed by atoms with van der Waals surface area (Å²) in [7, 11) is -2.95. The second kappa shape index (κ2) is 10.7. The van der Waals surface area contributed by atoms with Gasteiger partial charge in [-0.2, -0.15) is 13.5 Å². The number of pyridine rings is 1. The molecular formula is C25H33N5O5SSi. The van der Waals surface area contributed by atoms with Crippen molar-refractivity contribution >= 4 is 51.7 Å². The lowest BCUT2D eigenvalue weighted by molar-refractivity contribution is 0.0881. The van der Waals surface area contributed by atoms with Gasteiger partial charge >= 0.3 is 0 Å². The van der Waals surface area contributed by atoms with Crippen LogP contribution in [-0.2, 0) is 39.2 Å². The summed E-state index contributed by atoms with van der Waals surface area (Å²) in [6.45, 7) is 7.85. The van der Waals surface area contributed by atoms with Crippen LogP contribution in [0.25, 0.3) is 21.8 Å². The van der Waals surface area contributed by atoms with Crippen molar-refractivity contribution in [3.8, 4) is 0 Å². The first kappa shape index (κ1) is 27.0. The molecule has 1 aromatic carbocycles. The number of anilines is 1. The van der Waals surface area contributed by atoms with E-state index in [0.29, 0.717) is 31.1 Å². The molecule has 10 nitrogen and oxygen atoms in total. The number of fused-ring (bicyclic) bond motifs is 2. The largest absolute Gasteiger partial charge is 0.361 e. The lowest BCUT2D eigenvalue weighted by Crippen LogP contribution is -2.22. The summed E-state index contributed by atoms with van der Waals surface area (Å²) in [5.74, 6) is 0.129. The van der Waals surface area contributed by atoms with E-state index in [2.05, 4.69) is 35.0 Å². The highest BCUT2D eigenvalue weighted by molar-refractivity contribution is 7.85. The molecule has 198 valence electrons. The predicted molar refractivity (Wildman–Crippen MR) is 147 cm³/mol. The standard InChI is InChI=1S/C25H33N5O5SSi/c1-29-22-13-18(6-7-19(22)16-27-29)25(31)28-24-14-23-20(15-26-24)12-21(8-9-35-36(2,32)33)30(23)17-34-10-11-37(3,4)5/h6-7,12-16H,8-11,17H2,1-5H3,(H,26,28,31). The molecule has 1 N–H and O–H groups in total. The Morgan fingerprint density at radius 3 is 2.57 bits per heavy atom. The van der Waals surface area contributed by atoms with Gasteiger partial charge in [-0.05, 0) is 24.2 Å². The van der Waals surface area contributed by atoms with Crippen molar-refractivity contribution < 1.29 is 22.1 Å². The Labute approximate surface area is 217 Å². The van der Waals surface area contributed by atoms with Gasteiger partial charge in [-0.15, -0.1) is 0 Å². The molecule has 0 atom stereocenters. The normalized spacial score (nSPS) is 12.5. The van der Waals surface area contributed by atoms with Gasteiger partial charge in [0.05, 0.1) is 30.1 Å². The number of amides is 1. The minimum atomic E-state index is -3.54. The van der Waals surface area contributed by atoms with Crippen LogP contribution in [0.2, 0.25) is 25.7 Å². The summed E-state index contributed by atoms with van der Waals surface area (Å²) < 4.78 is 37.5. The van der Waals surface area contributed by atoms with Crippen molar-refractivity contribution in [2.45, 2.75) is 38.8 Å². The smallest absolute Gasteiger partial charge is 0.264 e. The highest BCUT2D eigenvalue weighted by atomic mass is 32.2. The summed E-state index contributed by atoms with van der Waals surface area (Å²) in [5, 5.41) is 8.92. The molecule has 0 unspecified atom stereocenters. The quantitative estimate of drug-likeness (QED) is 0.173. The molecule has 0 saturated heterocycles. The number of benzene rings is 1. The third-order valence-electron chi connectivity index (χ3n) is 6.00. The molecule has 0 aliphatic carbocycles. The average Bonchev–Trinajstić information content (AvgIpc) is 3.34. The zero-order valence-corrected chi connectivity index (χ0v) is 23.6. The fourth-order valence-corrected chi connectivity index (χ4v) is 5.09. The highest BCUT2D eigenvalue weighted by Gasteiger charge is 2.16. The van der Waals surface area contributed by atoms with Crippen LogP contribution in [0.5, 0.6) is 0 Å². The number of rotatable bonds is 11. The molecule has 37 heavy (non-hydrogen) atoms. The number of aryl methyl sites for hydroxylation is 1. The summed E-state index contributed by atoms with van der Waals surface area (Å²) in [6, 6.07) is 10.2. The molecule has 4 aromatic rings. The molecule has 4 rings (SSSR count). The summed E-state index contributed by atoms with van der Waals surface area (Å²) in [4.78, 5) is 17.4. The zero-order chi connectivity index (χ0) is 26.8. The summed E-state index contributed by atoms with van der Waals surface area (Å²) >= 11 is 0. The van der Waals surface area contributed by atoms with Gasteiger partial charge in [-0.25, -0.2) is 4.98 Å². The van der Waals surface area contributed by atoms with Crippen LogP contribution in [0.3, 0.4) is 0 Å². The third kappa shape index (κ3) is 7.04. The molecule has 1 amide bonds. The summed E-state index contributed by atoms with van der Waals surface area (Å²) in [6.07, 6.45) is 4.86. The molecule has 0 radical (unpaired) electrons. The van der Waals surface area contributed by atoms with Crippen LogP contribution in [-0.4, -0.2) is 61.2 Å². The number of carbonyl (C=O) groups excluding carboxylic acids is 1. The van der Waals surface area contributed by atoms with Crippen LogP contribution in [0, 0.1) is 0 Å². The Morgan fingerprint density at radius 2 is 1.84 bits per heavy atom. The first-order valence-electron chi connectivity index (χ1n) is 12.0. The number of aromatic nitrogens is 4. The molecular weight excluding hydrogens is 510 g/mol. The van der Waals surface area contributed by atoms with Crippen molar-refractivity contribution in [3.63, 3.8) is 0 Å². The van der Waals surface area contributed by atoms with Crippen molar-refractivity contribution in [1.82, 2.24) is 19.3 Å². The van der Waals surface area contributed by atoms with Crippen molar-refractivity contribution in [2.75, 3.05) is 24.8 Å². The van der Waals surface area contributed by atoms with Gasteiger partial charge < -0.3 is 14.6 Å². The van der Waals surface area contributed by atoms with E-state index in [4.69, 9.17) is 8.92 Å². The molecule has 0 aliphatic rings. The molecule has 0 saturated carbocycles. The Morgan fingerprint density at radius 1 is 1.05 bits per heavy atom. The second-order valence-corrected chi connectivity index (χ2v) is 17.6. The number of nitrogens with one attached hydrogen (secondary N) is 1. The van der Waals surface area contributed by atoms with E-state index >= 15 is 0 Å². The molecule has 12 heteroatoms. The Kier molecular flexibility index (Phi) is 7.83. The van der Waals surface area contributed by atoms with Crippen LogP contribution < -0.4 is 5.32 Å². The van der Waals surface area contributed by atoms with Gasteiger partial charge in [-0.1, -0.05) is 25.7 Å². The summed E-state index contributed by atoms with van der Waals surface area (Å²) in [5.41, 5.74) is 3.05. The van der Waals surface area contributed by atoms with Crippen molar-refractivity contribution in [2.24, 2.45) is 7.05 Å². The predicted octanol–water partition coefficient (Wildman–Crippen LogP) is 4.01. The van der Waals surface area contributed by atoms with Gasteiger partial charge in [0.1, 0.15) is 12.5 Å². The lowest BCUT2D eigenvalue weighted by Gasteiger charge is -2.17. The maximum atomic E-state index is 13.0. The van der Waals surface area contributed by atoms with E-state index in [0.717, 1.165) is 39.8 Å². The molecule has 0 aliphatic heterocycles. The maximum absolute atomic E-state index is 13.0. The van der Waals surface area contributed by atoms with Crippen LogP contribution in [0.1, 0.15) is 16.1 Å². The van der Waals surface area contributed by atoms with E-state index in [1.54, 1.807) is 35.3 Å². The van der Waals surface area contributed by atoms with E-state index in [9.17, 15) is 13.2 Å². The number of carbonyl (C=O) groups is 1. The minimum Gasteiger partial charge on any atom is -0.361 e. The average molecular weight is 544 g/mol. The molecule has 0 spiro atoms. The monoisotopic (exact) mass is 543 g/mol. The molecule has 3 aromatic heterocycles. The van der Waals surface area contributed by atoms with Crippen LogP contribution in [0.15, 0.2) is 42.7 Å². The maximum Gasteiger partial charge on any atom is 0.264 e. The third-order valence-corrected chi connectivity index (χ3v) is 8.30. The molecule has 0 bridgehead atoms.